The summed E-state index contributed by atoms with van der Waals surface area (Å²) in [5.74, 6) is 0.656. The molecule has 1 fully saturated rings. The van der Waals surface area contributed by atoms with Gasteiger partial charge in [0.05, 0.1) is 39.9 Å². The van der Waals surface area contributed by atoms with E-state index in [0.717, 1.165) is 24.0 Å². The van der Waals surface area contributed by atoms with Crippen molar-refractivity contribution >= 4 is 17.1 Å². The summed E-state index contributed by atoms with van der Waals surface area (Å²) in [6.45, 7) is 5.85. The van der Waals surface area contributed by atoms with E-state index in [1.807, 2.05) is 12.1 Å². The minimum atomic E-state index is -0.361. The van der Waals surface area contributed by atoms with E-state index in [2.05, 4.69) is 0 Å². The minimum Gasteiger partial charge on any atom is -0.497 e. The van der Waals surface area contributed by atoms with Crippen LogP contribution in [-0.2, 0) is 11.3 Å². The number of benzene rings is 1. The molecule has 25 heavy (non-hydrogen) atoms. The van der Waals surface area contributed by atoms with Gasteiger partial charge in [0.15, 0.2) is 0 Å². The Balaban J connectivity index is 1.73. The fraction of sp³-hybridized carbons (Fsp3) is 0.444. The monoisotopic (exact) mass is 347 g/mol. The van der Waals surface area contributed by atoms with Crippen molar-refractivity contribution in [1.82, 2.24) is 4.90 Å². The van der Waals surface area contributed by atoms with E-state index in [1.165, 1.54) is 4.90 Å². The van der Waals surface area contributed by atoms with Gasteiger partial charge in [-0.15, -0.1) is 0 Å². The van der Waals surface area contributed by atoms with Crippen LogP contribution in [-0.4, -0.2) is 50.9 Å². The van der Waals surface area contributed by atoms with E-state index in [9.17, 15) is 9.59 Å². The van der Waals surface area contributed by atoms with Crippen LogP contribution in [0, 0.1) is 0 Å². The Morgan fingerprint density at radius 1 is 1.28 bits per heavy atom. The molecule has 134 valence electrons. The molecule has 0 spiro atoms. The van der Waals surface area contributed by atoms with Gasteiger partial charge in [-0.2, -0.15) is 0 Å². The van der Waals surface area contributed by atoms with Crippen LogP contribution < -0.4 is 15.3 Å². The van der Waals surface area contributed by atoms with E-state index < -0.39 is 0 Å². The van der Waals surface area contributed by atoms with Crippen LogP contribution in [0.2, 0.25) is 0 Å². The van der Waals surface area contributed by atoms with Gasteiger partial charge in [-0.05, 0) is 19.1 Å². The Morgan fingerprint density at radius 2 is 2.04 bits per heavy atom. The van der Waals surface area contributed by atoms with E-state index in [4.69, 9.17) is 13.9 Å². The summed E-state index contributed by atoms with van der Waals surface area (Å²) in [4.78, 5) is 26.7. The molecule has 1 saturated heterocycles. The first kappa shape index (κ1) is 17.3. The molecule has 0 saturated carbocycles. The van der Waals surface area contributed by atoms with Crippen LogP contribution >= 0.6 is 0 Å². The first-order valence-electron chi connectivity index (χ1n) is 8.46. The SMILES string of the molecule is CCOC(=O)N1CC[NH+](Cc2cc(=O)oc3cc(OC)ccc23)CC1. The number of nitrogens with one attached hydrogen (secondary N) is 1. The standard InChI is InChI=1S/C18H22N2O5/c1-3-24-18(22)20-8-6-19(7-9-20)12-13-10-17(21)25-16-11-14(23-2)4-5-15(13)16/h4-5,10-11H,3,6-9,12H2,1-2H3/p+1. The van der Waals surface area contributed by atoms with E-state index in [0.29, 0.717) is 37.6 Å². The molecule has 1 amide bonds. The summed E-state index contributed by atoms with van der Waals surface area (Å²) in [7, 11) is 1.58. The Kier molecular flexibility index (Phi) is 5.23. The van der Waals surface area contributed by atoms with Crippen molar-refractivity contribution in [3.05, 3.63) is 40.2 Å². The van der Waals surface area contributed by atoms with Gasteiger partial charge in [0.1, 0.15) is 17.9 Å². The Labute approximate surface area is 145 Å². The second-order valence-corrected chi connectivity index (χ2v) is 6.07. The number of hydrogen-bond donors (Lipinski definition) is 1. The number of carbonyl (C=O) groups excluding carboxylic acids is 1. The van der Waals surface area contributed by atoms with Gasteiger partial charge in [-0.3, -0.25) is 4.90 Å². The zero-order chi connectivity index (χ0) is 17.8. The summed E-state index contributed by atoms with van der Waals surface area (Å²) in [6, 6.07) is 7.06. The predicted molar refractivity (Wildman–Crippen MR) is 92.0 cm³/mol. The average Bonchev–Trinajstić information content (AvgIpc) is 2.61. The first-order valence-corrected chi connectivity index (χ1v) is 8.46. The summed E-state index contributed by atoms with van der Waals surface area (Å²) >= 11 is 0. The molecule has 7 nitrogen and oxygen atoms in total. The summed E-state index contributed by atoms with van der Waals surface area (Å²) in [5.41, 5.74) is 1.13. The highest BCUT2D eigenvalue weighted by Crippen LogP contribution is 2.22. The maximum absolute atomic E-state index is 11.9. The zero-order valence-corrected chi connectivity index (χ0v) is 14.5. The fourth-order valence-corrected chi connectivity index (χ4v) is 3.15. The van der Waals surface area contributed by atoms with Gasteiger partial charge in [0.2, 0.25) is 0 Å². The molecule has 1 aromatic carbocycles. The number of carbonyl (C=O) groups is 1. The number of piperazine rings is 1. The normalized spacial score (nSPS) is 15.4. The maximum Gasteiger partial charge on any atom is 0.410 e. The average molecular weight is 347 g/mol. The molecule has 2 heterocycles. The quantitative estimate of drug-likeness (QED) is 0.823. The number of ether oxygens (including phenoxy) is 2. The lowest BCUT2D eigenvalue weighted by Crippen LogP contribution is -3.13. The molecule has 0 bridgehead atoms. The van der Waals surface area contributed by atoms with E-state index in [1.54, 1.807) is 31.1 Å². The van der Waals surface area contributed by atoms with Gasteiger partial charge in [0.25, 0.3) is 0 Å². The molecule has 7 heteroatoms. The number of hydrogen-bond acceptors (Lipinski definition) is 5. The van der Waals surface area contributed by atoms with Crippen molar-refractivity contribution in [3.8, 4) is 5.75 Å². The molecule has 0 unspecified atom stereocenters. The van der Waals surface area contributed by atoms with Gasteiger partial charge < -0.3 is 18.8 Å². The van der Waals surface area contributed by atoms with Crippen LogP contribution in [0.3, 0.4) is 0 Å². The van der Waals surface area contributed by atoms with E-state index in [-0.39, 0.29) is 11.7 Å². The smallest absolute Gasteiger partial charge is 0.410 e. The van der Waals surface area contributed by atoms with Crippen molar-refractivity contribution in [2.24, 2.45) is 0 Å². The highest BCUT2D eigenvalue weighted by Gasteiger charge is 2.25. The Hall–Kier alpha value is -2.54. The van der Waals surface area contributed by atoms with Crippen molar-refractivity contribution in [1.29, 1.82) is 0 Å². The predicted octanol–water partition coefficient (Wildman–Crippen LogP) is 0.659. The van der Waals surface area contributed by atoms with Crippen LogP contribution in [0.15, 0.2) is 33.5 Å². The Morgan fingerprint density at radius 3 is 2.72 bits per heavy atom. The second-order valence-electron chi connectivity index (χ2n) is 6.07. The number of nitrogens with zero attached hydrogens (tertiary/aromatic N) is 1. The maximum atomic E-state index is 11.9. The third-order valence-corrected chi connectivity index (χ3v) is 4.47. The number of rotatable bonds is 4. The zero-order valence-electron chi connectivity index (χ0n) is 14.5. The molecule has 2 aromatic rings. The van der Waals surface area contributed by atoms with Crippen LogP contribution in [0.1, 0.15) is 12.5 Å². The van der Waals surface area contributed by atoms with Crippen molar-refractivity contribution in [2.45, 2.75) is 13.5 Å². The topological polar surface area (TPSA) is 73.4 Å². The molecule has 0 radical (unpaired) electrons. The van der Waals surface area contributed by atoms with Crippen LogP contribution in [0.5, 0.6) is 5.75 Å². The van der Waals surface area contributed by atoms with Gasteiger partial charge in [-0.25, -0.2) is 9.59 Å². The molecule has 1 aromatic heterocycles. The number of methoxy groups -OCH3 is 1. The lowest BCUT2D eigenvalue weighted by atomic mass is 10.1. The van der Waals surface area contributed by atoms with Gasteiger partial charge >= 0.3 is 11.7 Å². The fourth-order valence-electron chi connectivity index (χ4n) is 3.15. The summed E-state index contributed by atoms with van der Waals surface area (Å²) < 4.78 is 15.5. The van der Waals surface area contributed by atoms with Crippen molar-refractivity contribution in [3.63, 3.8) is 0 Å². The number of amides is 1. The highest BCUT2D eigenvalue weighted by molar-refractivity contribution is 5.81. The molecular weight excluding hydrogens is 324 g/mol. The minimum absolute atomic E-state index is 0.251. The molecule has 3 rings (SSSR count). The Bertz CT molecular complexity index is 809. The van der Waals surface area contributed by atoms with E-state index >= 15 is 0 Å². The second kappa shape index (κ2) is 7.57. The summed E-state index contributed by atoms with van der Waals surface area (Å²) in [6.07, 6.45) is -0.251. The highest BCUT2D eigenvalue weighted by atomic mass is 16.6. The van der Waals surface area contributed by atoms with Crippen molar-refractivity contribution in [2.75, 3.05) is 39.9 Å². The lowest BCUT2D eigenvalue weighted by molar-refractivity contribution is -0.917. The molecule has 0 aliphatic carbocycles. The van der Waals surface area contributed by atoms with Crippen LogP contribution in [0.25, 0.3) is 11.0 Å². The van der Waals surface area contributed by atoms with Crippen molar-refractivity contribution < 1.29 is 23.6 Å². The summed E-state index contributed by atoms with van der Waals surface area (Å²) in [5, 5.41) is 0.917. The largest absolute Gasteiger partial charge is 0.497 e. The number of fused-ring (bicyclic) bond motifs is 1. The molecule has 1 aliphatic heterocycles. The first-order chi connectivity index (χ1) is 12.1. The third-order valence-electron chi connectivity index (χ3n) is 4.47. The molecular formula is C18H23N2O5+. The van der Waals surface area contributed by atoms with Crippen LogP contribution in [0.4, 0.5) is 4.79 Å². The molecule has 0 atom stereocenters. The van der Waals surface area contributed by atoms with Gasteiger partial charge in [-0.1, -0.05) is 0 Å². The van der Waals surface area contributed by atoms with Gasteiger partial charge in [0, 0.05) is 23.1 Å². The molecule has 1 N–H and O–H groups in total. The lowest BCUT2D eigenvalue weighted by Gasteiger charge is -2.31. The molecule has 1 aliphatic rings. The number of quaternary nitrogens is 1. The third kappa shape index (κ3) is 3.93.